The molecular weight excluding hydrogens is 260 g/mol. The zero-order valence-electron chi connectivity index (χ0n) is 12.9. The van der Waals surface area contributed by atoms with Gasteiger partial charge in [0.05, 0.1) is 5.52 Å². The number of nitrogens with two attached hydrogens (primary N) is 1. The third-order valence-electron chi connectivity index (χ3n) is 4.56. The molecule has 0 radical (unpaired) electrons. The van der Waals surface area contributed by atoms with Crippen LogP contribution >= 0.6 is 0 Å². The number of likely N-dealkylation sites (N-methyl/N-ethyl adjacent to an activating group) is 2. The smallest absolute Gasteiger partial charge is 0.0705 e. The van der Waals surface area contributed by atoms with Gasteiger partial charge in [-0.25, -0.2) is 0 Å². The van der Waals surface area contributed by atoms with Crippen LogP contribution in [0.25, 0.3) is 10.9 Å². The molecule has 2 aromatic rings. The number of rotatable bonds is 3. The van der Waals surface area contributed by atoms with Gasteiger partial charge >= 0.3 is 0 Å². The Morgan fingerprint density at radius 2 is 2.14 bits per heavy atom. The van der Waals surface area contributed by atoms with Crippen molar-refractivity contribution in [1.29, 1.82) is 0 Å². The average Bonchev–Trinajstić information content (AvgIpc) is 2.50. The van der Waals surface area contributed by atoms with Crippen molar-refractivity contribution in [3.05, 3.63) is 42.1 Å². The Hall–Kier alpha value is -1.49. The second-order valence-electron chi connectivity index (χ2n) is 6.19. The lowest BCUT2D eigenvalue weighted by atomic mass is 9.97. The molecule has 21 heavy (non-hydrogen) atoms. The van der Waals surface area contributed by atoms with Gasteiger partial charge in [-0.05, 0) is 38.2 Å². The van der Waals surface area contributed by atoms with E-state index in [4.69, 9.17) is 5.73 Å². The zero-order chi connectivity index (χ0) is 14.8. The van der Waals surface area contributed by atoms with Gasteiger partial charge in [0, 0.05) is 43.3 Å². The summed E-state index contributed by atoms with van der Waals surface area (Å²) >= 11 is 0. The molecule has 4 nitrogen and oxygen atoms in total. The van der Waals surface area contributed by atoms with E-state index in [-0.39, 0.29) is 6.04 Å². The molecule has 2 heterocycles. The Morgan fingerprint density at radius 3 is 3.00 bits per heavy atom. The summed E-state index contributed by atoms with van der Waals surface area (Å²) in [5.41, 5.74) is 8.66. The van der Waals surface area contributed by atoms with Crippen LogP contribution in [0.2, 0.25) is 0 Å². The number of hydrogen-bond acceptors (Lipinski definition) is 4. The molecule has 0 bridgehead atoms. The fourth-order valence-electron chi connectivity index (χ4n) is 3.10. The van der Waals surface area contributed by atoms with Crippen molar-refractivity contribution in [2.24, 2.45) is 5.73 Å². The third kappa shape index (κ3) is 3.23. The molecule has 1 aromatic heterocycles. The quantitative estimate of drug-likeness (QED) is 0.934. The molecule has 1 saturated heterocycles. The van der Waals surface area contributed by atoms with Gasteiger partial charge in [-0.3, -0.25) is 4.98 Å². The fraction of sp³-hybridized carbons (Fsp3) is 0.471. The lowest BCUT2D eigenvalue weighted by Crippen LogP contribution is -2.50. The van der Waals surface area contributed by atoms with E-state index < -0.39 is 0 Å². The van der Waals surface area contributed by atoms with Gasteiger partial charge in [0.1, 0.15) is 0 Å². The largest absolute Gasteiger partial charge is 0.324 e. The van der Waals surface area contributed by atoms with Gasteiger partial charge < -0.3 is 15.5 Å². The van der Waals surface area contributed by atoms with Crippen LogP contribution in [0.1, 0.15) is 18.0 Å². The third-order valence-corrected chi connectivity index (χ3v) is 4.56. The number of pyridine rings is 1. The molecule has 0 amide bonds. The number of piperazine rings is 1. The van der Waals surface area contributed by atoms with Crippen molar-refractivity contribution >= 4 is 10.9 Å². The molecule has 1 aliphatic heterocycles. The summed E-state index contributed by atoms with van der Waals surface area (Å²) in [6.07, 6.45) is 2.82. The Labute approximate surface area is 126 Å². The Morgan fingerprint density at radius 1 is 1.29 bits per heavy atom. The van der Waals surface area contributed by atoms with E-state index in [1.54, 1.807) is 0 Å². The van der Waals surface area contributed by atoms with Gasteiger partial charge in [0.15, 0.2) is 0 Å². The van der Waals surface area contributed by atoms with Crippen LogP contribution in [-0.4, -0.2) is 54.6 Å². The predicted octanol–water partition coefficient (Wildman–Crippen LogP) is 1.87. The number of benzene rings is 1. The molecule has 112 valence electrons. The lowest BCUT2D eigenvalue weighted by Gasteiger charge is -2.38. The zero-order valence-corrected chi connectivity index (χ0v) is 12.9. The van der Waals surface area contributed by atoms with Gasteiger partial charge in [-0.15, -0.1) is 0 Å². The standard InChI is InChI=1S/C17H24N4/c1-20-8-9-21(2)15(12-20)11-16(18)14-6-5-13-4-3-7-19-17(13)10-14/h3-7,10,15-16H,8-9,11-12,18H2,1-2H3. The van der Waals surface area contributed by atoms with E-state index in [2.05, 4.69) is 53.1 Å². The van der Waals surface area contributed by atoms with E-state index in [0.29, 0.717) is 6.04 Å². The SMILES string of the molecule is CN1CCN(C)C(CC(N)c2ccc3cccnc3c2)C1. The molecule has 1 aliphatic rings. The number of hydrogen-bond donors (Lipinski definition) is 1. The maximum absolute atomic E-state index is 6.45. The van der Waals surface area contributed by atoms with Crippen molar-refractivity contribution < 1.29 is 0 Å². The van der Waals surface area contributed by atoms with Gasteiger partial charge in [0.25, 0.3) is 0 Å². The van der Waals surface area contributed by atoms with Crippen molar-refractivity contribution in [3.63, 3.8) is 0 Å². The van der Waals surface area contributed by atoms with Crippen LogP contribution in [0.15, 0.2) is 36.5 Å². The van der Waals surface area contributed by atoms with E-state index in [0.717, 1.165) is 31.6 Å². The molecule has 2 N–H and O–H groups in total. The number of aromatic nitrogens is 1. The first-order valence-electron chi connectivity index (χ1n) is 7.62. The minimum absolute atomic E-state index is 0.0651. The molecule has 0 aliphatic carbocycles. The first-order valence-corrected chi connectivity index (χ1v) is 7.62. The van der Waals surface area contributed by atoms with E-state index in [1.807, 2.05) is 12.3 Å². The highest BCUT2D eigenvalue weighted by molar-refractivity contribution is 5.78. The highest BCUT2D eigenvalue weighted by atomic mass is 15.3. The molecular formula is C17H24N4. The molecule has 0 saturated carbocycles. The number of nitrogens with zero attached hydrogens (tertiary/aromatic N) is 3. The predicted molar refractivity (Wildman–Crippen MR) is 87.2 cm³/mol. The van der Waals surface area contributed by atoms with Crippen LogP contribution < -0.4 is 5.73 Å². The molecule has 3 rings (SSSR count). The van der Waals surface area contributed by atoms with Gasteiger partial charge in [-0.1, -0.05) is 18.2 Å². The highest BCUT2D eigenvalue weighted by Gasteiger charge is 2.24. The maximum atomic E-state index is 6.45. The van der Waals surface area contributed by atoms with E-state index in [9.17, 15) is 0 Å². The van der Waals surface area contributed by atoms with Gasteiger partial charge in [0.2, 0.25) is 0 Å². The second-order valence-corrected chi connectivity index (χ2v) is 6.19. The Bertz CT molecular complexity index is 613. The van der Waals surface area contributed by atoms with Crippen molar-refractivity contribution in [2.75, 3.05) is 33.7 Å². The summed E-state index contributed by atoms with van der Waals surface area (Å²) < 4.78 is 0. The normalized spacial score (nSPS) is 22.5. The summed E-state index contributed by atoms with van der Waals surface area (Å²) in [4.78, 5) is 9.24. The maximum Gasteiger partial charge on any atom is 0.0705 e. The topological polar surface area (TPSA) is 45.4 Å². The monoisotopic (exact) mass is 284 g/mol. The highest BCUT2D eigenvalue weighted by Crippen LogP contribution is 2.23. The summed E-state index contributed by atoms with van der Waals surface area (Å²) in [5, 5.41) is 1.17. The van der Waals surface area contributed by atoms with Crippen LogP contribution in [0, 0.1) is 0 Å². The first kappa shape index (κ1) is 14.4. The lowest BCUT2D eigenvalue weighted by molar-refractivity contribution is 0.104. The van der Waals surface area contributed by atoms with E-state index >= 15 is 0 Å². The van der Waals surface area contributed by atoms with Crippen molar-refractivity contribution in [3.8, 4) is 0 Å². The molecule has 1 aromatic carbocycles. The molecule has 2 atom stereocenters. The van der Waals surface area contributed by atoms with Crippen LogP contribution in [0.4, 0.5) is 0 Å². The molecule has 1 fully saturated rings. The summed E-state index contributed by atoms with van der Waals surface area (Å²) in [6, 6.07) is 11.0. The first-order chi connectivity index (χ1) is 10.1. The average molecular weight is 284 g/mol. The van der Waals surface area contributed by atoms with Gasteiger partial charge in [-0.2, -0.15) is 0 Å². The number of fused-ring (bicyclic) bond motifs is 1. The Balaban J connectivity index is 1.75. The Kier molecular flexibility index (Phi) is 4.19. The summed E-state index contributed by atoms with van der Waals surface area (Å²) in [5.74, 6) is 0. The van der Waals surface area contributed by atoms with Crippen LogP contribution in [0.3, 0.4) is 0 Å². The summed E-state index contributed by atoms with van der Waals surface area (Å²) in [7, 11) is 4.39. The van der Waals surface area contributed by atoms with Crippen LogP contribution in [0.5, 0.6) is 0 Å². The second kappa shape index (κ2) is 6.10. The minimum Gasteiger partial charge on any atom is -0.324 e. The summed E-state index contributed by atoms with van der Waals surface area (Å²) in [6.45, 7) is 3.35. The minimum atomic E-state index is 0.0651. The molecule has 2 unspecified atom stereocenters. The molecule has 0 spiro atoms. The van der Waals surface area contributed by atoms with Crippen molar-refractivity contribution in [2.45, 2.75) is 18.5 Å². The fourth-order valence-corrected chi connectivity index (χ4v) is 3.10. The van der Waals surface area contributed by atoms with E-state index in [1.165, 1.54) is 10.9 Å². The van der Waals surface area contributed by atoms with Crippen molar-refractivity contribution in [1.82, 2.24) is 14.8 Å². The molecule has 4 heteroatoms. The van der Waals surface area contributed by atoms with Crippen LogP contribution in [-0.2, 0) is 0 Å².